The van der Waals surface area contributed by atoms with Crippen LogP contribution in [0.4, 0.5) is 0 Å². The number of nitrogens with one attached hydrogen (secondary N) is 1. The average Bonchev–Trinajstić information content (AvgIpc) is 3.56. The normalized spacial score (nSPS) is 26.6. The molecule has 2 saturated carbocycles. The maximum atomic E-state index is 13.3. The van der Waals surface area contributed by atoms with Gasteiger partial charge in [-0.1, -0.05) is 42.8 Å². The molecular formula is C30H31NO6. The number of ether oxygens (including phenoxy) is 2. The van der Waals surface area contributed by atoms with Gasteiger partial charge in [-0.05, 0) is 60.4 Å². The van der Waals surface area contributed by atoms with Crippen molar-refractivity contribution in [1.82, 2.24) is 5.32 Å². The van der Waals surface area contributed by atoms with Gasteiger partial charge in [0, 0.05) is 23.9 Å². The second-order valence-electron chi connectivity index (χ2n) is 10.5. The Morgan fingerprint density at radius 2 is 1.84 bits per heavy atom. The number of amides is 1. The third-order valence-electron chi connectivity index (χ3n) is 8.08. The Morgan fingerprint density at radius 1 is 1.03 bits per heavy atom. The summed E-state index contributed by atoms with van der Waals surface area (Å²) in [7, 11) is 0. The number of benzene rings is 2. The lowest BCUT2D eigenvalue weighted by Crippen LogP contribution is -2.41. The van der Waals surface area contributed by atoms with Crippen LogP contribution in [0.5, 0.6) is 0 Å². The summed E-state index contributed by atoms with van der Waals surface area (Å²) >= 11 is 0. The van der Waals surface area contributed by atoms with Crippen LogP contribution in [0.3, 0.4) is 0 Å². The zero-order chi connectivity index (χ0) is 25.4. The smallest absolute Gasteiger partial charge is 0.286 e. The van der Waals surface area contributed by atoms with E-state index >= 15 is 0 Å². The minimum Gasteiger partial charge on any atom is -0.464 e. The molecule has 1 amide bonds. The standard InChI is InChI=1S/C30H31NO6/c32-15-18-5-7-19(8-6-18)16-36-28-14-22(24-17-35-26-4-2-1-3-23(26)29(24)33)13-27(37-28)30(34)31-25-12-20-9-10-21(25)11-20/h1-8,13,17,20-22,25,28,32H,9-12,14-16H2,(H,31,34)/t20?,21?,22-,25?,28+/m1/s1. The van der Waals surface area contributed by atoms with Gasteiger partial charge in [-0.15, -0.1) is 0 Å². The zero-order valence-corrected chi connectivity index (χ0v) is 20.6. The second kappa shape index (κ2) is 10.1. The Morgan fingerprint density at radius 3 is 2.59 bits per heavy atom. The van der Waals surface area contributed by atoms with Crippen molar-refractivity contribution in [3.63, 3.8) is 0 Å². The summed E-state index contributed by atoms with van der Waals surface area (Å²) in [6.45, 7) is 0.255. The van der Waals surface area contributed by atoms with Gasteiger partial charge in [0.05, 0.1) is 24.9 Å². The van der Waals surface area contributed by atoms with Gasteiger partial charge in [0.1, 0.15) is 5.58 Å². The Labute approximate surface area is 215 Å². The van der Waals surface area contributed by atoms with Crippen LogP contribution in [0.15, 0.2) is 75.8 Å². The second-order valence-corrected chi connectivity index (χ2v) is 10.5. The van der Waals surface area contributed by atoms with Crippen molar-refractivity contribution in [3.05, 3.63) is 93.5 Å². The number of hydrogen-bond donors (Lipinski definition) is 2. The largest absolute Gasteiger partial charge is 0.464 e. The first kappa shape index (κ1) is 23.9. The average molecular weight is 502 g/mol. The summed E-state index contributed by atoms with van der Waals surface area (Å²) in [5.41, 5.74) is 2.64. The number of carbonyl (C=O) groups excluding carboxylic acids is 1. The van der Waals surface area contributed by atoms with E-state index in [1.165, 1.54) is 19.1 Å². The topological polar surface area (TPSA) is 98.0 Å². The van der Waals surface area contributed by atoms with E-state index in [1.54, 1.807) is 18.2 Å². The number of allylic oxidation sites excluding steroid dienone is 1. The van der Waals surface area contributed by atoms with E-state index in [1.807, 2.05) is 36.4 Å². The maximum absolute atomic E-state index is 13.3. The highest BCUT2D eigenvalue weighted by Gasteiger charge is 2.41. The van der Waals surface area contributed by atoms with Crippen LogP contribution in [0.2, 0.25) is 0 Å². The van der Waals surface area contributed by atoms with Crippen molar-refractivity contribution in [2.45, 2.75) is 63.6 Å². The molecular weight excluding hydrogens is 470 g/mol. The van der Waals surface area contributed by atoms with Crippen molar-refractivity contribution in [2.75, 3.05) is 0 Å². The number of rotatable bonds is 7. The molecule has 6 rings (SSSR count). The summed E-state index contributed by atoms with van der Waals surface area (Å²) in [6.07, 6.45) is 7.52. The van der Waals surface area contributed by atoms with Gasteiger partial charge >= 0.3 is 0 Å². The molecule has 3 aromatic rings. The van der Waals surface area contributed by atoms with E-state index in [0.29, 0.717) is 34.8 Å². The lowest BCUT2D eigenvalue weighted by Gasteiger charge is -2.30. The van der Waals surface area contributed by atoms with E-state index in [0.717, 1.165) is 24.0 Å². The molecule has 5 atom stereocenters. The van der Waals surface area contributed by atoms with Crippen LogP contribution >= 0.6 is 0 Å². The number of hydrogen-bond acceptors (Lipinski definition) is 6. The monoisotopic (exact) mass is 501 g/mol. The molecule has 1 aliphatic heterocycles. The molecule has 0 radical (unpaired) electrons. The van der Waals surface area contributed by atoms with Crippen molar-refractivity contribution < 1.29 is 23.8 Å². The fraction of sp³-hybridized carbons (Fsp3) is 0.400. The molecule has 7 heteroatoms. The summed E-state index contributed by atoms with van der Waals surface area (Å²) in [5.74, 6) is 0.785. The molecule has 2 heterocycles. The Kier molecular flexibility index (Phi) is 6.57. The van der Waals surface area contributed by atoms with E-state index in [4.69, 9.17) is 13.9 Å². The maximum Gasteiger partial charge on any atom is 0.286 e. The first-order chi connectivity index (χ1) is 18.1. The Bertz CT molecular complexity index is 1380. The Balaban J connectivity index is 1.25. The van der Waals surface area contributed by atoms with Gasteiger partial charge in [-0.25, -0.2) is 0 Å². The third kappa shape index (κ3) is 4.93. The van der Waals surface area contributed by atoms with E-state index < -0.39 is 12.2 Å². The highest BCUT2D eigenvalue weighted by molar-refractivity contribution is 5.92. The summed E-state index contributed by atoms with van der Waals surface area (Å²) in [5, 5.41) is 13.0. The van der Waals surface area contributed by atoms with Crippen molar-refractivity contribution in [1.29, 1.82) is 0 Å². The lowest BCUT2D eigenvalue weighted by atomic mass is 9.92. The van der Waals surface area contributed by atoms with Crippen LogP contribution in [0, 0.1) is 11.8 Å². The van der Waals surface area contributed by atoms with Gasteiger partial charge in [-0.2, -0.15) is 0 Å². The first-order valence-electron chi connectivity index (χ1n) is 13.1. The SMILES string of the molecule is O=C(NC1CC2CCC1C2)C1=C[C@@H](c2coc3ccccc3c2=O)C[C@@H](OCc2ccc(CO)cc2)O1. The number of aliphatic hydroxyl groups is 1. The van der Waals surface area contributed by atoms with Gasteiger partial charge in [-0.3, -0.25) is 9.59 Å². The molecule has 3 unspecified atom stereocenters. The molecule has 2 bridgehead atoms. The van der Waals surface area contributed by atoms with Gasteiger partial charge in [0.2, 0.25) is 6.29 Å². The Hall–Kier alpha value is -3.42. The molecule has 7 nitrogen and oxygen atoms in total. The number of carbonyl (C=O) groups is 1. The molecule has 2 aromatic carbocycles. The summed E-state index contributed by atoms with van der Waals surface area (Å²) in [4.78, 5) is 26.6. The van der Waals surface area contributed by atoms with E-state index in [2.05, 4.69) is 5.32 Å². The van der Waals surface area contributed by atoms with Crippen LogP contribution < -0.4 is 10.7 Å². The molecule has 192 valence electrons. The predicted octanol–water partition coefficient (Wildman–Crippen LogP) is 4.52. The zero-order valence-electron chi connectivity index (χ0n) is 20.6. The highest BCUT2D eigenvalue weighted by atomic mass is 16.7. The fourth-order valence-electron chi connectivity index (χ4n) is 6.07. The third-order valence-corrected chi connectivity index (χ3v) is 8.08. The molecule has 2 aliphatic carbocycles. The van der Waals surface area contributed by atoms with Crippen molar-refractivity contribution in [3.8, 4) is 0 Å². The molecule has 0 spiro atoms. The number of para-hydroxylation sites is 1. The van der Waals surface area contributed by atoms with Crippen molar-refractivity contribution >= 4 is 16.9 Å². The van der Waals surface area contributed by atoms with Crippen LogP contribution in [0.25, 0.3) is 11.0 Å². The van der Waals surface area contributed by atoms with Crippen LogP contribution in [-0.2, 0) is 27.5 Å². The predicted molar refractivity (Wildman–Crippen MR) is 137 cm³/mol. The van der Waals surface area contributed by atoms with Gasteiger partial charge < -0.3 is 24.3 Å². The molecule has 37 heavy (non-hydrogen) atoms. The van der Waals surface area contributed by atoms with E-state index in [-0.39, 0.29) is 36.4 Å². The molecule has 0 saturated heterocycles. The summed E-state index contributed by atoms with van der Waals surface area (Å²) < 4.78 is 17.9. The summed E-state index contributed by atoms with van der Waals surface area (Å²) in [6, 6.07) is 14.8. The fourth-order valence-corrected chi connectivity index (χ4v) is 6.07. The number of fused-ring (bicyclic) bond motifs is 3. The van der Waals surface area contributed by atoms with Crippen LogP contribution in [-0.4, -0.2) is 23.3 Å². The molecule has 2 fully saturated rings. The van der Waals surface area contributed by atoms with E-state index in [9.17, 15) is 14.7 Å². The quantitative estimate of drug-likeness (QED) is 0.494. The molecule has 1 aromatic heterocycles. The van der Waals surface area contributed by atoms with Gasteiger partial charge in [0.25, 0.3) is 5.91 Å². The molecule has 3 aliphatic rings. The lowest BCUT2D eigenvalue weighted by molar-refractivity contribution is -0.150. The minimum atomic E-state index is -0.709. The molecule has 2 N–H and O–H groups in total. The van der Waals surface area contributed by atoms with Crippen molar-refractivity contribution in [2.24, 2.45) is 11.8 Å². The first-order valence-corrected chi connectivity index (χ1v) is 13.1. The van der Waals surface area contributed by atoms with Gasteiger partial charge in [0.15, 0.2) is 11.2 Å². The minimum absolute atomic E-state index is 0.0191. The number of aliphatic hydroxyl groups excluding tert-OH is 1. The highest BCUT2D eigenvalue weighted by Crippen LogP contribution is 2.44. The van der Waals surface area contributed by atoms with Crippen LogP contribution in [0.1, 0.15) is 54.7 Å².